The van der Waals surface area contributed by atoms with Gasteiger partial charge in [-0.15, -0.1) is 0 Å². The van der Waals surface area contributed by atoms with E-state index < -0.39 is 0 Å². The number of rotatable bonds is 4. The van der Waals surface area contributed by atoms with E-state index in [9.17, 15) is 0 Å². The quantitative estimate of drug-likeness (QED) is 0.434. The van der Waals surface area contributed by atoms with Crippen LogP contribution in [-0.2, 0) is 6.42 Å². The molecular weight excluding hydrogens is 339 g/mol. The van der Waals surface area contributed by atoms with E-state index in [-0.39, 0.29) is 0 Å². The van der Waals surface area contributed by atoms with Crippen LogP contribution in [0.15, 0.2) is 36.4 Å². The maximum absolute atomic E-state index is 3.36. The summed E-state index contributed by atoms with van der Waals surface area (Å²) in [5.41, 5.74) is 1.45. The normalized spacial score (nSPS) is 10.9. The van der Waals surface area contributed by atoms with Gasteiger partial charge in [-0.1, -0.05) is 46.3 Å². The molecule has 1 rings (SSSR count). The van der Waals surface area contributed by atoms with E-state index in [1.165, 1.54) is 9.13 Å². The Morgan fingerprint density at radius 3 is 2.69 bits per heavy atom. The summed E-state index contributed by atoms with van der Waals surface area (Å²) in [6, 6.07) is 8.54. The summed E-state index contributed by atoms with van der Waals surface area (Å²) in [5, 5.41) is 0.957. The van der Waals surface area contributed by atoms with Gasteiger partial charge in [0.05, 0.1) is 0 Å². The van der Waals surface area contributed by atoms with Crippen molar-refractivity contribution in [2.45, 2.75) is 12.8 Å². The minimum atomic E-state index is 0.957. The molecule has 0 aliphatic carbocycles. The van der Waals surface area contributed by atoms with Crippen molar-refractivity contribution in [3.8, 4) is 0 Å². The summed E-state index contributed by atoms with van der Waals surface area (Å²) in [6.07, 6.45) is 6.64. The van der Waals surface area contributed by atoms with Crippen LogP contribution in [0.4, 0.5) is 0 Å². The van der Waals surface area contributed by atoms with Crippen molar-refractivity contribution in [2.75, 3.05) is 5.33 Å². The number of benzene rings is 1. The molecule has 1 aromatic carbocycles. The average Bonchev–Trinajstić information content (AvgIpc) is 2.15. The van der Waals surface area contributed by atoms with Crippen molar-refractivity contribution < 1.29 is 0 Å². The molecule has 1 aromatic rings. The summed E-state index contributed by atoms with van der Waals surface area (Å²) in [5.74, 6) is 0. The summed E-state index contributed by atoms with van der Waals surface area (Å²) >= 11 is 5.75. The largest absolute Gasteiger partial charge is 0.0883 e. The van der Waals surface area contributed by atoms with Crippen LogP contribution in [0.3, 0.4) is 0 Å². The highest BCUT2D eigenvalue weighted by molar-refractivity contribution is 14.1. The third kappa shape index (κ3) is 4.27. The lowest BCUT2D eigenvalue weighted by atomic mass is 10.1. The maximum atomic E-state index is 3.36. The number of hydrogen-bond donors (Lipinski definition) is 0. The summed E-state index contributed by atoms with van der Waals surface area (Å²) in [6.45, 7) is 0. The zero-order valence-corrected chi connectivity index (χ0v) is 11.1. The van der Waals surface area contributed by atoms with Crippen LogP contribution in [0.5, 0.6) is 0 Å². The molecule has 0 fully saturated rings. The molecule has 0 radical (unpaired) electrons. The molecule has 70 valence electrons. The molecule has 0 N–H and O–H groups in total. The van der Waals surface area contributed by atoms with Crippen LogP contribution < -0.4 is 0 Å². The monoisotopic (exact) mass is 350 g/mol. The Hall–Kier alpha value is 0.170. The molecular formula is C11H12BrI. The molecule has 13 heavy (non-hydrogen) atoms. The third-order valence-electron chi connectivity index (χ3n) is 1.79. The zero-order valence-electron chi connectivity index (χ0n) is 7.34. The summed E-state index contributed by atoms with van der Waals surface area (Å²) < 4.78 is 1.37. The lowest BCUT2D eigenvalue weighted by Gasteiger charge is -2.00. The second-order valence-electron chi connectivity index (χ2n) is 2.76. The van der Waals surface area contributed by atoms with Crippen molar-refractivity contribution in [1.29, 1.82) is 0 Å². The van der Waals surface area contributed by atoms with Gasteiger partial charge in [0.25, 0.3) is 0 Å². The Labute approximate surface area is 102 Å². The van der Waals surface area contributed by atoms with Gasteiger partial charge >= 0.3 is 0 Å². The highest BCUT2D eigenvalue weighted by Crippen LogP contribution is 2.13. The van der Waals surface area contributed by atoms with Gasteiger partial charge in [0.1, 0.15) is 0 Å². The molecule has 0 saturated heterocycles. The number of hydrogen-bond acceptors (Lipinski definition) is 0. The van der Waals surface area contributed by atoms with Crippen molar-refractivity contribution in [2.24, 2.45) is 0 Å². The molecule has 0 atom stereocenters. The van der Waals surface area contributed by atoms with Gasteiger partial charge in [-0.2, -0.15) is 0 Å². The second kappa shape index (κ2) is 6.60. The van der Waals surface area contributed by atoms with E-state index in [0.29, 0.717) is 0 Å². The Morgan fingerprint density at radius 2 is 2.00 bits per heavy atom. The topological polar surface area (TPSA) is 0 Å². The van der Waals surface area contributed by atoms with Crippen molar-refractivity contribution in [1.82, 2.24) is 0 Å². The lowest BCUT2D eigenvalue weighted by molar-refractivity contribution is 0.992. The van der Waals surface area contributed by atoms with E-state index in [4.69, 9.17) is 0 Å². The van der Waals surface area contributed by atoms with Gasteiger partial charge in [-0.25, -0.2) is 0 Å². The number of halogens is 2. The predicted molar refractivity (Wildman–Crippen MR) is 70.4 cm³/mol. The molecule has 2 heteroatoms. The van der Waals surface area contributed by atoms with Gasteiger partial charge in [-0.3, -0.25) is 0 Å². The SMILES string of the molecule is BrC/C=C/CCc1ccccc1I. The first-order valence-corrected chi connectivity index (χ1v) is 6.49. The van der Waals surface area contributed by atoms with Crippen LogP contribution >= 0.6 is 38.5 Å². The first kappa shape index (κ1) is 11.2. The Morgan fingerprint density at radius 1 is 1.23 bits per heavy atom. The van der Waals surface area contributed by atoms with E-state index in [1.807, 2.05) is 0 Å². The summed E-state index contributed by atoms with van der Waals surface area (Å²) in [7, 11) is 0. The molecule has 0 saturated carbocycles. The molecule has 0 bridgehead atoms. The molecule has 0 unspecified atom stereocenters. The van der Waals surface area contributed by atoms with Crippen LogP contribution in [-0.4, -0.2) is 5.33 Å². The highest BCUT2D eigenvalue weighted by Gasteiger charge is 1.95. The fourth-order valence-corrected chi connectivity index (χ4v) is 2.04. The smallest absolute Gasteiger partial charge is 0.0212 e. The Balaban J connectivity index is 2.45. The van der Waals surface area contributed by atoms with Gasteiger partial charge in [-0.05, 0) is 47.1 Å². The van der Waals surface area contributed by atoms with Gasteiger partial charge in [0, 0.05) is 8.90 Å². The minimum Gasteiger partial charge on any atom is -0.0883 e. The fraction of sp³-hybridized carbons (Fsp3) is 0.273. The molecule has 0 amide bonds. The van der Waals surface area contributed by atoms with E-state index in [1.54, 1.807) is 0 Å². The third-order valence-corrected chi connectivity index (χ3v) is 3.22. The van der Waals surface area contributed by atoms with Crippen LogP contribution in [0, 0.1) is 3.57 Å². The van der Waals surface area contributed by atoms with Crippen LogP contribution in [0.2, 0.25) is 0 Å². The highest BCUT2D eigenvalue weighted by atomic mass is 127. The van der Waals surface area contributed by atoms with Gasteiger partial charge in [0.2, 0.25) is 0 Å². The molecule has 0 aliphatic rings. The molecule has 0 aromatic heterocycles. The second-order valence-corrected chi connectivity index (χ2v) is 4.57. The maximum Gasteiger partial charge on any atom is 0.0212 e. The van der Waals surface area contributed by atoms with E-state index in [2.05, 4.69) is 74.9 Å². The van der Waals surface area contributed by atoms with E-state index in [0.717, 1.165) is 18.2 Å². The standard InChI is InChI=1S/C11H12BrI/c12-9-5-1-2-6-10-7-3-4-8-11(10)13/h1,3-5,7-8H,2,6,9H2/b5-1+. The lowest BCUT2D eigenvalue weighted by Crippen LogP contribution is -1.86. The predicted octanol–water partition coefficient (Wildman–Crippen LogP) is 4.17. The average molecular weight is 351 g/mol. The van der Waals surface area contributed by atoms with Gasteiger partial charge < -0.3 is 0 Å². The minimum absolute atomic E-state index is 0.957. The molecule has 0 aliphatic heterocycles. The van der Waals surface area contributed by atoms with E-state index >= 15 is 0 Å². The van der Waals surface area contributed by atoms with Crippen LogP contribution in [0.1, 0.15) is 12.0 Å². The molecule has 0 nitrogen and oxygen atoms in total. The van der Waals surface area contributed by atoms with Crippen molar-refractivity contribution in [3.63, 3.8) is 0 Å². The number of alkyl halides is 1. The Bertz CT molecular complexity index is 281. The van der Waals surface area contributed by atoms with Crippen LogP contribution in [0.25, 0.3) is 0 Å². The molecule has 0 heterocycles. The number of allylic oxidation sites excluding steroid dienone is 2. The fourth-order valence-electron chi connectivity index (χ4n) is 1.12. The summed E-state index contributed by atoms with van der Waals surface area (Å²) in [4.78, 5) is 0. The first-order chi connectivity index (χ1) is 6.34. The zero-order chi connectivity index (χ0) is 9.52. The van der Waals surface area contributed by atoms with Crippen molar-refractivity contribution in [3.05, 3.63) is 45.6 Å². The molecule has 0 spiro atoms. The van der Waals surface area contributed by atoms with Gasteiger partial charge in [0.15, 0.2) is 0 Å². The number of aryl methyl sites for hydroxylation is 1. The Kier molecular flexibility index (Phi) is 5.71. The van der Waals surface area contributed by atoms with Crippen molar-refractivity contribution >= 4 is 38.5 Å². The first-order valence-electron chi connectivity index (χ1n) is 4.29.